The first-order valence-electron chi connectivity index (χ1n) is 12.5. The van der Waals surface area contributed by atoms with Gasteiger partial charge in [-0.15, -0.1) is 0 Å². The number of ether oxygens (including phenoxy) is 2. The molecule has 3 amide bonds. The smallest absolute Gasteiger partial charge is 0.305 e. The van der Waals surface area contributed by atoms with Crippen LogP contribution in [0.5, 0.6) is 11.5 Å². The molecule has 41 heavy (non-hydrogen) atoms. The number of halogens is 1. The minimum Gasteiger partial charge on any atom is -0.493 e. The molecule has 9 nitrogen and oxygen atoms in total. The summed E-state index contributed by atoms with van der Waals surface area (Å²) in [6.45, 7) is -0.242. The number of carbonyl (C=O) groups is 3. The zero-order valence-corrected chi connectivity index (χ0v) is 24.7. The van der Waals surface area contributed by atoms with Crippen molar-refractivity contribution in [3.63, 3.8) is 0 Å². The van der Waals surface area contributed by atoms with E-state index in [4.69, 9.17) is 9.47 Å². The van der Waals surface area contributed by atoms with Crippen molar-refractivity contribution in [1.82, 2.24) is 4.98 Å². The fraction of sp³-hybridized carbons (Fsp3) is 0.172. The van der Waals surface area contributed by atoms with Gasteiger partial charge in [0.1, 0.15) is 5.25 Å². The summed E-state index contributed by atoms with van der Waals surface area (Å²) in [6.07, 6.45) is 0. The van der Waals surface area contributed by atoms with E-state index in [1.807, 2.05) is 18.2 Å². The third-order valence-electron chi connectivity index (χ3n) is 6.87. The molecule has 0 radical (unpaired) electrons. The first-order valence-corrected chi connectivity index (χ1v) is 15.0. The number of thioether (sulfide) groups is 1. The Kier molecular flexibility index (Phi) is 7.45. The van der Waals surface area contributed by atoms with E-state index in [0.29, 0.717) is 38.3 Å². The monoisotopic (exact) mass is 651 g/mol. The molecular weight excluding hydrogens is 630 g/mol. The highest BCUT2D eigenvalue weighted by Crippen LogP contribution is 2.53. The lowest BCUT2D eigenvalue weighted by Crippen LogP contribution is -2.32. The molecule has 4 aromatic rings. The van der Waals surface area contributed by atoms with Crippen LogP contribution >= 0.6 is 39.0 Å². The Morgan fingerprint density at radius 2 is 1.76 bits per heavy atom. The molecule has 12 heteroatoms. The summed E-state index contributed by atoms with van der Waals surface area (Å²) in [4.78, 5) is 56.8. The van der Waals surface area contributed by atoms with Crippen molar-refractivity contribution in [1.29, 1.82) is 0 Å². The summed E-state index contributed by atoms with van der Waals surface area (Å²) in [5, 5.41) is 2.64. The number of rotatable bonds is 7. The van der Waals surface area contributed by atoms with Gasteiger partial charge in [0.25, 0.3) is 5.91 Å². The Hall–Kier alpha value is -3.87. The SMILES string of the molecule is COc1cc(C2c3sc(=O)[nH]c3SC3C(=O)N(c4ccc(Br)cc4)C(=O)C32)ccc1OCC(=O)Nc1ccccc1. The number of hydrogen-bond donors (Lipinski definition) is 2. The molecule has 1 fully saturated rings. The lowest BCUT2D eigenvalue weighted by Gasteiger charge is -2.30. The van der Waals surface area contributed by atoms with Crippen LogP contribution in [0.3, 0.4) is 0 Å². The van der Waals surface area contributed by atoms with Gasteiger partial charge in [-0.2, -0.15) is 0 Å². The molecule has 3 aromatic carbocycles. The molecule has 3 unspecified atom stereocenters. The topological polar surface area (TPSA) is 118 Å². The second-order valence-electron chi connectivity index (χ2n) is 9.35. The van der Waals surface area contributed by atoms with Crippen LogP contribution in [0.1, 0.15) is 16.4 Å². The first kappa shape index (κ1) is 27.3. The van der Waals surface area contributed by atoms with Gasteiger partial charge >= 0.3 is 4.87 Å². The Balaban J connectivity index is 1.31. The van der Waals surface area contributed by atoms with Crippen molar-refractivity contribution in [3.8, 4) is 11.5 Å². The summed E-state index contributed by atoms with van der Waals surface area (Å²) >= 11 is 5.64. The van der Waals surface area contributed by atoms with Gasteiger partial charge in [0.2, 0.25) is 11.8 Å². The molecule has 2 N–H and O–H groups in total. The maximum Gasteiger partial charge on any atom is 0.305 e. The quantitative estimate of drug-likeness (QED) is 0.269. The van der Waals surface area contributed by atoms with E-state index < -0.39 is 17.1 Å². The highest BCUT2D eigenvalue weighted by Gasteiger charge is 2.56. The largest absolute Gasteiger partial charge is 0.493 e. The summed E-state index contributed by atoms with van der Waals surface area (Å²) < 4.78 is 12.2. The van der Waals surface area contributed by atoms with Crippen LogP contribution in [0.2, 0.25) is 0 Å². The Morgan fingerprint density at radius 3 is 2.49 bits per heavy atom. The molecule has 2 aliphatic rings. The summed E-state index contributed by atoms with van der Waals surface area (Å²) in [7, 11) is 1.48. The van der Waals surface area contributed by atoms with Crippen LogP contribution in [-0.4, -0.2) is 41.7 Å². The normalized spacial score (nSPS) is 19.5. The average molecular weight is 653 g/mol. The third-order valence-corrected chi connectivity index (χ3v) is 9.80. The number of benzene rings is 3. The Labute approximate surface area is 251 Å². The van der Waals surface area contributed by atoms with Crippen molar-refractivity contribution < 1.29 is 23.9 Å². The van der Waals surface area contributed by atoms with Crippen molar-refractivity contribution >= 4 is 68.1 Å². The molecule has 0 aliphatic carbocycles. The zero-order valence-electron chi connectivity index (χ0n) is 21.5. The van der Waals surface area contributed by atoms with Crippen molar-refractivity contribution in [3.05, 3.63) is 97.4 Å². The number of para-hydroxylation sites is 1. The minimum absolute atomic E-state index is 0.242. The van der Waals surface area contributed by atoms with Crippen molar-refractivity contribution in [2.24, 2.45) is 5.92 Å². The molecule has 1 aromatic heterocycles. The number of fused-ring (bicyclic) bond motifs is 2. The van der Waals surface area contributed by atoms with Crippen LogP contribution < -0.4 is 24.6 Å². The number of methoxy groups -OCH3 is 1. The maximum absolute atomic E-state index is 13.9. The minimum atomic E-state index is -0.733. The van der Waals surface area contributed by atoms with Crippen LogP contribution in [0.15, 0.2) is 87.1 Å². The number of carbonyl (C=O) groups excluding carboxylic acids is 3. The van der Waals surface area contributed by atoms with Gasteiger partial charge < -0.3 is 19.8 Å². The fourth-order valence-electron chi connectivity index (χ4n) is 5.08. The van der Waals surface area contributed by atoms with Gasteiger partial charge in [0.15, 0.2) is 18.1 Å². The third kappa shape index (κ3) is 5.18. The average Bonchev–Trinajstić information content (AvgIpc) is 3.47. The number of aromatic amines is 1. The molecule has 6 rings (SSSR count). The number of H-pyrrole nitrogens is 1. The predicted octanol–water partition coefficient (Wildman–Crippen LogP) is 5.02. The van der Waals surface area contributed by atoms with E-state index in [1.165, 1.54) is 23.8 Å². The number of nitrogens with zero attached hydrogens (tertiary/aromatic N) is 1. The number of anilines is 2. The predicted molar refractivity (Wildman–Crippen MR) is 160 cm³/mol. The van der Waals surface area contributed by atoms with Gasteiger partial charge in [-0.3, -0.25) is 19.2 Å². The van der Waals surface area contributed by atoms with Gasteiger partial charge in [-0.25, -0.2) is 4.90 Å². The summed E-state index contributed by atoms with van der Waals surface area (Å²) in [5.41, 5.74) is 1.83. The van der Waals surface area contributed by atoms with E-state index in [9.17, 15) is 19.2 Å². The second kappa shape index (κ2) is 11.2. The number of nitrogens with one attached hydrogen (secondary N) is 2. The van der Waals surface area contributed by atoms with Crippen molar-refractivity contribution in [2.75, 3.05) is 23.9 Å². The van der Waals surface area contributed by atoms with E-state index in [0.717, 1.165) is 15.8 Å². The summed E-state index contributed by atoms with van der Waals surface area (Å²) in [5.74, 6) is -1.59. The molecule has 3 heterocycles. The van der Waals surface area contributed by atoms with Gasteiger partial charge in [0.05, 0.1) is 23.7 Å². The van der Waals surface area contributed by atoms with E-state index >= 15 is 0 Å². The Morgan fingerprint density at radius 1 is 1.00 bits per heavy atom. The van der Waals surface area contributed by atoms with E-state index in [2.05, 4.69) is 26.2 Å². The molecule has 0 spiro atoms. The molecule has 0 saturated carbocycles. The van der Waals surface area contributed by atoms with Crippen LogP contribution in [0.25, 0.3) is 0 Å². The molecule has 3 atom stereocenters. The molecular formula is C29H22BrN3O6S2. The van der Waals surface area contributed by atoms with Crippen LogP contribution in [0, 0.1) is 5.92 Å². The second-order valence-corrected chi connectivity index (χ2v) is 12.4. The fourth-order valence-corrected chi connectivity index (χ4v) is 7.86. The van der Waals surface area contributed by atoms with Gasteiger partial charge in [0, 0.05) is 21.0 Å². The zero-order chi connectivity index (χ0) is 28.7. The number of thiazole rings is 1. The highest BCUT2D eigenvalue weighted by atomic mass is 79.9. The highest BCUT2D eigenvalue weighted by molar-refractivity contribution is 9.10. The first-order chi connectivity index (χ1) is 19.8. The Bertz CT molecular complexity index is 1710. The number of aromatic nitrogens is 1. The van der Waals surface area contributed by atoms with Gasteiger partial charge in [-0.1, -0.05) is 63.3 Å². The number of imide groups is 1. The molecule has 2 aliphatic heterocycles. The van der Waals surface area contributed by atoms with E-state index in [1.54, 1.807) is 54.6 Å². The van der Waals surface area contributed by atoms with Crippen LogP contribution in [-0.2, 0) is 14.4 Å². The summed E-state index contributed by atoms with van der Waals surface area (Å²) in [6, 6.07) is 21.2. The van der Waals surface area contributed by atoms with E-state index in [-0.39, 0.29) is 29.2 Å². The van der Waals surface area contributed by atoms with Crippen LogP contribution in [0.4, 0.5) is 11.4 Å². The number of amides is 3. The molecule has 208 valence electrons. The molecule has 0 bridgehead atoms. The lowest BCUT2D eigenvalue weighted by molar-refractivity contribution is -0.122. The van der Waals surface area contributed by atoms with Crippen molar-refractivity contribution in [2.45, 2.75) is 16.2 Å². The standard InChI is InChI=1S/C29H22BrN3O6S2/c1-38-20-13-15(7-12-19(20)39-14-21(34)31-17-5-3-2-4-6-17)22-23-25(40-26-24(22)41-29(37)32-26)28(36)33(27(23)35)18-10-8-16(30)9-11-18/h2-13,22-23,25H,14H2,1H3,(H,31,34)(H,32,37). The molecule has 1 saturated heterocycles. The lowest BCUT2D eigenvalue weighted by atomic mass is 9.83. The number of hydrogen-bond acceptors (Lipinski definition) is 8. The maximum atomic E-state index is 13.9. The van der Waals surface area contributed by atoms with Gasteiger partial charge in [-0.05, 0) is 54.1 Å².